The van der Waals surface area contributed by atoms with Gasteiger partial charge in [0.1, 0.15) is 11.8 Å². The predicted molar refractivity (Wildman–Crippen MR) is 127 cm³/mol. The highest BCUT2D eigenvalue weighted by atomic mass is 16.5. The number of methoxy groups -OCH3 is 1. The lowest BCUT2D eigenvalue weighted by Gasteiger charge is -2.12. The zero-order valence-electron chi connectivity index (χ0n) is 18.5. The van der Waals surface area contributed by atoms with Crippen molar-refractivity contribution >= 4 is 11.7 Å². The van der Waals surface area contributed by atoms with Crippen molar-refractivity contribution in [2.75, 3.05) is 14.2 Å². The number of carbonyl (C=O) groups is 1. The summed E-state index contributed by atoms with van der Waals surface area (Å²) in [6.45, 7) is 12.7. The summed E-state index contributed by atoms with van der Waals surface area (Å²) in [5.41, 5.74) is 7.70. The van der Waals surface area contributed by atoms with Crippen LogP contribution in [0.1, 0.15) is 24.0 Å². The first-order chi connectivity index (χ1) is 15.3. The molecule has 0 aromatic heterocycles. The van der Waals surface area contributed by atoms with E-state index in [0.717, 1.165) is 42.2 Å². The predicted octanol–water partition coefficient (Wildman–Crippen LogP) is 3.63. The minimum absolute atomic E-state index is 0.169. The van der Waals surface area contributed by atoms with Crippen molar-refractivity contribution in [1.82, 2.24) is 20.9 Å². The van der Waals surface area contributed by atoms with Crippen LogP contribution in [-0.2, 0) is 6.54 Å². The molecule has 1 aliphatic carbocycles. The van der Waals surface area contributed by atoms with E-state index >= 15 is 0 Å². The number of urea groups is 1. The van der Waals surface area contributed by atoms with E-state index in [9.17, 15) is 4.79 Å². The fourth-order valence-electron chi connectivity index (χ4n) is 4.04. The Balaban J connectivity index is 0.000000165. The summed E-state index contributed by atoms with van der Waals surface area (Å²) in [5, 5.41) is 8.57. The first-order valence-electron chi connectivity index (χ1n) is 10.5. The number of carbonyl (C=O) groups excluding carboxylic acids is 1. The fourth-order valence-corrected chi connectivity index (χ4v) is 4.04. The van der Waals surface area contributed by atoms with Gasteiger partial charge in [0.15, 0.2) is 0 Å². The minimum Gasteiger partial charge on any atom is -0.497 e. The largest absolute Gasteiger partial charge is 0.497 e. The molecule has 1 aromatic rings. The van der Waals surface area contributed by atoms with Crippen molar-refractivity contribution in [1.29, 1.82) is 0 Å². The van der Waals surface area contributed by atoms with Crippen LogP contribution in [0, 0.1) is 17.8 Å². The van der Waals surface area contributed by atoms with Crippen LogP contribution in [0.15, 0.2) is 72.8 Å². The third kappa shape index (κ3) is 4.42. The average Bonchev–Trinajstić information content (AvgIpc) is 3.40. The minimum atomic E-state index is -0.289. The van der Waals surface area contributed by atoms with Crippen molar-refractivity contribution in [3.8, 4) is 17.6 Å². The average molecular weight is 429 g/mol. The van der Waals surface area contributed by atoms with E-state index in [1.54, 1.807) is 7.11 Å². The first-order valence-corrected chi connectivity index (χ1v) is 10.5. The van der Waals surface area contributed by atoms with Crippen LogP contribution in [0.25, 0.3) is 5.70 Å². The molecule has 3 N–H and O–H groups in total. The Bertz CT molecular complexity index is 1130. The van der Waals surface area contributed by atoms with E-state index in [1.165, 1.54) is 16.7 Å². The van der Waals surface area contributed by atoms with Crippen LogP contribution in [0.2, 0.25) is 0 Å². The summed E-state index contributed by atoms with van der Waals surface area (Å²) in [4.78, 5) is 13.3. The quantitative estimate of drug-likeness (QED) is 0.598. The molecule has 0 spiro atoms. The standard InChI is InChI=1S/C15H15N3O.C11H13NO/c1-9-7-12-5-3-11(8-14(12)16-9)4-6-13-10(2)17-15(19)18-13;1-8-11-6-10(13-3)5-4-9(11)7-12(8)2/h5,8,11,13,16H,1-3,7H2,(H2,17,18,19);4-6H,1,7H2,2-3H3. The van der Waals surface area contributed by atoms with Crippen LogP contribution in [0.5, 0.6) is 5.75 Å². The van der Waals surface area contributed by atoms with Crippen LogP contribution in [-0.4, -0.2) is 31.1 Å². The van der Waals surface area contributed by atoms with Crippen molar-refractivity contribution < 1.29 is 9.53 Å². The maximum absolute atomic E-state index is 11.1. The highest BCUT2D eigenvalue weighted by Gasteiger charge is 2.23. The first kappa shape index (κ1) is 21.4. The van der Waals surface area contributed by atoms with Crippen LogP contribution < -0.4 is 20.7 Å². The van der Waals surface area contributed by atoms with E-state index in [-0.39, 0.29) is 18.0 Å². The van der Waals surface area contributed by atoms with Gasteiger partial charge in [0, 0.05) is 54.3 Å². The highest BCUT2D eigenvalue weighted by Crippen LogP contribution is 2.32. The molecule has 2 amide bonds. The van der Waals surface area contributed by atoms with Gasteiger partial charge in [0.2, 0.25) is 0 Å². The molecule has 6 nitrogen and oxygen atoms in total. The number of rotatable bonds is 1. The molecular formula is C26H28N4O2. The second kappa shape index (κ2) is 8.72. The van der Waals surface area contributed by atoms with Crippen molar-refractivity contribution in [2.24, 2.45) is 5.92 Å². The van der Waals surface area contributed by atoms with Gasteiger partial charge in [-0.1, -0.05) is 43.7 Å². The zero-order valence-corrected chi connectivity index (χ0v) is 18.5. The molecule has 2 fully saturated rings. The molecule has 0 saturated carbocycles. The highest BCUT2D eigenvalue weighted by molar-refractivity contribution is 5.81. The van der Waals surface area contributed by atoms with Gasteiger partial charge in [-0.2, -0.15) is 0 Å². The molecule has 2 saturated heterocycles. The summed E-state index contributed by atoms with van der Waals surface area (Å²) >= 11 is 0. The van der Waals surface area contributed by atoms with Gasteiger partial charge in [-0.25, -0.2) is 4.79 Å². The molecule has 1 aromatic carbocycles. The summed E-state index contributed by atoms with van der Waals surface area (Å²) in [7, 11) is 3.73. The molecule has 3 aliphatic heterocycles. The zero-order chi connectivity index (χ0) is 22.8. The van der Waals surface area contributed by atoms with E-state index in [2.05, 4.69) is 77.7 Å². The van der Waals surface area contributed by atoms with Gasteiger partial charge >= 0.3 is 6.03 Å². The van der Waals surface area contributed by atoms with Gasteiger partial charge < -0.3 is 25.6 Å². The Morgan fingerprint density at radius 3 is 2.72 bits per heavy atom. The Morgan fingerprint density at radius 2 is 2.00 bits per heavy atom. The van der Waals surface area contributed by atoms with Crippen molar-refractivity contribution in [3.05, 3.63) is 83.9 Å². The smallest absolute Gasteiger partial charge is 0.320 e. The third-order valence-corrected chi connectivity index (χ3v) is 5.85. The molecule has 4 aliphatic rings. The summed E-state index contributed by atoms with van der Waals surface area (Å²) in [5.74, 6) is 7.31. The number of amides is 2. The van der Waals surface area contributed by atoms with Crippen LogP contribution >= 0.6 is 0 Å². The van der Waals surface area contributed by atoms with E-state index in [1.807, 2.05) is 12.1 Å². The maximum atomic E-state index is 11.1. The molecule has 3 heterocycles. The molecule has 2 atom stereocenters. The van der Waals surface area contributed by atoms with Gasteiger partial charge in [-0.3, -0.25) is 0 Å². The van der Waals surface area contributed by atoms with Gasteiger partial charge in [-0.05, 0) is 35.8 Å². The van der Waals surface area contributed by atoms with Gasteiger partial charge in [0.25, 0.3) is 0 Å². The Labute approximate surface area is 189 Å². The van der Waals surface area contributed by atoms with Gasteiger partial charge in [-0.15, -0.1) is 0 Å². The molecule has 164 valence electrons. The van der Waals surface area contributed by atoms with Crippen LogP contribution in [0.4, 0.5) is 4.79 Å². The molecule has 0 radical (unpaired) electrons. The second-order valence-electron chi connectivity index (χ2n) is 8.23. The number of hydrogen-bond donors (Lipinski definition) is 3. The topological polar surface area (TPSA) is 65.6 Å². The summed E-state index contributed by atoms with van der Waals surface area (Å²) in [6.07, 6.45) is 6.15. The number of ether oxygens (including phenoxy) is 1. The van der Waals surface area contributed by atoms with Crippen molar-refractivity contribution in [3.63, 3.8) is 0 Å². The lowest BCUT2D eigenvalue weighted by Crippen LogP contribution is -2.25. The normalized spacial score (nSPS) is 22.8. The lowest BCUT2D eigenvalue weighted by atomic mass is 9.94. The molecule has 2 unspecified atom stereocenters. The van der Waals surface area contributed by atoms with E-state index < -0.39 is 0 Å². The summed E-state index contributed by atoms with van der Waals surface area (Å²) < 4.78 is 5.16. The number of fused-ring (bicyclic) bond motifs is 2. The molecule has 0 bridgehead atoms. The number of allylic oxidation sites excluding steroid dienone is 4. The molecule has 6 heteroatoms. The van der Waals surface area contributed by atoms with Crippen molar-refractivity contribution in [2.45, 2.75) is 25.4 Å². The molecular weight excluding hydrogens is 400 g/mol. The number of nitrogens with one attached hydrogen (secondary N) is 3. The lowest BCUT2D eigenvalue weighted by molar-refractivity contribution is 0.248. The molecule has 32 heavy (non-hydrogen) atoms. The molecule has 5 rings (SSSR count). The van der Waals surface area contributed by atoms with E-state index in [4.69, 9.17) is 4.74 Å². The number of hydrogen-bond acceptors (Lipinski definition) is 4. The van der Waals surface area contributed by atoms with Gasteiger partial charge in [0.05, 0.1) is 7.11 Å². The van der Waals surface area contributed by atoms with Crippen LogP contribution in [0.3, 0.4) is 0 Å². The SMILES string of the molecule is C=C1CC2=CCC(C#CC3NC(=O)NC3=C)C=C2N1.C=C1c2cc(OC)ccc2CN1C. The monoisotopic (exact) mass is 428 g/mol. The summed E-state index contributed by atoms with van der Waals surface area (Å²) in [6, 6.07) is 5.61. The Kier molecular flexibility index (Phi) is 5.83. The second-order valence-corrected chi connectivity index (χ2v) is 8.23. The Morgan fingerprint density at radius 1 is 1.19 bits per heavy atom. The Hall–Kier alpha value is -3.85. The maximum Gasteiger partial charge on any atom is 0.320 e. The number of benzene rings is 1. The number of nitrogens with zero attached hydrogens (tertiary/aromatic N) is 1. The third-order valence-electron chi connectivity index (χ3n) is 5.85. The van der Waals surface area contributed by atoms with E-state index in [0.29, 0.717) is 5.70 Å². The fraction of sp³-hybridized carbons (Fsp3) is 0.269.